The molecule has 1 unspecified atom stereocenters. The Morgan fingerprint density at radius 1 is 1.27 bits per heavy atom. The van der Waals surface area contributed by atoms with Crippen LogP contribution in [0.5, 0.6) is 0 Å². The highest BCUT2D eigenvalue weighted by Gasteiger charge is 2.35. The summed E-state index contributed by atoms with van der Waals surface area (Å²) in [5.74, 6) is 0. The van der Waals surface area contributed by atoms with E-state index < -0.39 is 18.3 Å². The van der Waals surface area contributed by atoms with Crippen molar-refractivity contribution in [2.45, 2.75) is 24.1 Å². The fraction of sp³-hybridized carbons (Fsp3) is 0.333. The third kappa shape index (κ3) is 6.17. The molecule has 6 nitrogen and oxygen atoms in total. The number of hydrogen-bond acceptors (Lipinski definition) is 8. The van der Waals surface area contributed by atoms with Gasteiger partial charge in [-0.1, -0.05) is 35.5 Å². The molecule has 1 aliphatic rings. The van der Waals surface area contributed by atoms with Crippen molar-refractivity contribution in [1.29, 1.82) is 0 Å². The molecule has 0 spiro atoms. The highest BCUT2D eigenvalue weighted by molar-refractivity contribution is 8.09. The number of alkyl halides is 3. The molecule has 33 heavy (non-hydrogen) atoms. The van der Waals surface area contributed by atoms with Gasteiger partial charge in [-0.05, 0) is 30.2 Å². The van der Waals surface area contributed by atoms with Crippen molar-refractivity contribution >= 4 is 49.8 Å². The van der Waals surface area contributed by atoms with Crippen LogP contribution in [0.3, 0.4) is 0 Å². The number of thiazole rings is 1. The second kappa shape index (κ2) is 10.2. The first-order valence-corrected chi connectivity index (χ1v) is 12.0. The number of thioether (sulfide) groups is 1. The summed E-state index contributed by atoms with van der Waals surface area (Å²) in [7, 11) is 0. The number of fused-ring (bicyclic) bond motifs is 1. The van der Waals surface area contributed by atoms with Gasteiger partial charge in [0.05, 0.1) is 27.4 Å². The Hall–Kier alpha value is -1.89. The Morgan fingerprint density at radius 2 is 2.09 bits per heavy atom. The summed E-state index contributed by atoms with van der Waals surface area (Å²) in [6, 6.07) is 8.85. The second-order valence-corrected chi connectivity index (χ2v) is 10.1. The highest BCUT2D eigenvalue weighted by atomic mass is 35.5. The number of aromatic nitrogens is 2. The molecule has 0 saturated heterocycles. The van der Waals surface area contributed by atoms with Gasteiger partial charge in [-0.25, -0.2) is 4.98 Å². The van der Waals surface area contributed by atoms with E-state index in [-0.39, 0.29) is 12.6 Å². The van der Waals surface area contributed by atoms with Crippen molar-refractivity contribution in [2.24, 2.45) is 11.5 Å². The Bertz CT molecular complexity index is 1120. The molecular weight excluding hydrogens is 495 g/mol. The molecule has 1 aromatic carbocycles. The molecule has 3 aromatic rings. The summed E-state index contributed by atoms with van der Waals surface area (Å²) in [6.07, 6.45) is -0.547. The van der Waals surface area contributed by atoms with Crippen molar-refractivity contribution in [3.63, 3.8) is 0 Å². The van der Waals surface area contributed by atoms with E-state index in [4.69, 9.17) is 27.8 Å². The number of nitrogens with two attached hydrogens (primary N) is 2. The average molecular weight is 516 g/mol. The number of hydrogen-bond donors (Lipinski definition) is 2. The maximum atomic E-state index is 12.7. The lowest BCUT2D eigenvalue weighted by Crippen LogP contribution is -2.44. The van der Waals surface area contributed by atoms with Gasteiger partial charge < -0.3 is 21.1 Å². The molecule has 4 N–H and O–H groups in total. The minimum absolute atomic E-state index is 0.256. The first-order chi connectivity index (χ1) is 15.7. The molecule has 4 rings (SSSR count). The Kier molecular flexibility index (Phi) is 7.46. The number of rotatable bonds is 8. The van der Waals surface area contributed by atoms with Crippen molar-refractivity contribution in [3.05, 3.63) is 64.0 Å². The van der Waals surface area contributed by atoms with E-state index in [9.17, 15) is 13.2 Å². The molecule has 0 amide bonds. The number of halogens is 4. The molecule has 12 heteroatoms. The largest absolute Gasteiger partial charge is 0.411 e. The third-order valence-corrected chi connectivity index (χ3v) is 7.41. The molecular formula is C21H21ClF3N5OS2. The molecule has 1 aliphatic heterocycles. The van der Waals surface area contributed by atoms with E-state index in [1.54, 1.807) is 29.4 Å². The topological polar surface area (TPSA) is 90.3 Å². The van der Waals surface area contributed by atoms with Crippen LogP contribution >= 0.6 is 34.7 Å². The predicted molar refractivity (Wildman–Crippen MR) is 127 cm³/mol. The maximum absolute atomic E-state index is 12.7. The van der Waals surface area contributed by atoms with Crippen molar-refractivity contribution < 1.29 is 17.9 Å². The zero-order chi connectivity index (χ0) is 23.6. The second-order valence-electron chi connectivity index (χ2n) is 7.50. The summed E-state index contributed by atoms with van der Waals surface area (Å²) >= 11 is 8.80. The van der Waals surface area contributed by atoms with Crippen LogP contribution in [-0.4, -0.2) is 52.3 Å². The monoisotopic (exact) mass is 515 g/mol. The Labute approximate surface area is 201 Å². The van der Waals surface area contributed by atoms with Crippen molar-refractivity contribution in [2.75, 3.05) is 19.8 Å². The summed E-state index contributed by atoms with van der Waals surface area (Å²) in [5, 5.41) is 1.27. The number of benzene rings is 1. The SMILES string of the molecule is NC1SC(c2nc3ccncc3s2)=C(COCC(F)(F)F)N1C[C@H](N)Cc1cccc(Cl)c1. The van der Waals surface area contributed by atoms with Crippen LogP contribution in [0.15, 0.2) is 48.4 Å². The standard InChI is InChI=1S/C21H21ClF3N5OS2/c22-13-3-1-2-12(6-13)7-14(26)9-30-16(10-31-11-21(23,24)25)18(33-20(30)27)19-29-15-4-5-28-8-17(15)32-19/h1-6,8,14,20H,7,9-11,26-27H2/t14-,20?/m1/s1. The van der Waals surface area contributed by atoms with E-state index in [0.717, 1.165) is 15.8 Å². The number of pyridine rings is 1. The van der Waals surface area contributed by atoms with Gasteiger partial charge in [0.1, 0.15) is 17.1 Å². The van der Waals surface area contributed by atoms with Crippen molar-refractivity contribution in [3.8, 4) is 0 Å². The fourth-order valence-electron chi connectivity index (χ4n) is 3.50. The molecule has 0 saturated carbocycles. The zero-order valence-corrected chi connectivity index (χ0v) is 19.6. The van der Waals surface area contributed by atoms with E-state index in [1.807, 2.05) is 18.2 Å². The molecule has 0 bridgehead atoms. The zero-order valence-electron chi connectivity index (χ0n) is 17.3. The van der Waals surface area contributed by atoms with Gasteiger partial charge in [-0.3, -0.25) is 4.98 Å². The lowest BCUT2D eigenvalue weighted by atomic mass is 10.1. The molecule has 2 atom stereocenters. The van der Waals surface area contributed by atoms with Crippen LogP contribution in [0.2, 0.25) is 5.02 Å². The van der Waals surface area contributed by atoms with E-state index in [0.29, 0.717) is 33.6 Å². The molecule has 176 valence electrons. The quantitative estimate of drug-likeness (QED) is 0.458. The average Bonchev–Trinajstić information content (AvgIpc) is 3.29. The van der Waals surface area contributed by atoms with Crippen molar-refractivity contribution in [1.82, 2.24) is 14.9 Å². The lowest BCUT2D eigenvalue weighted by Gasteiger charge is -2.29. The number of nitrogens with zero attached hydrogens (tertiary/aromatic N) is 3. The van der Waals surface area contributed by atoms with Gasteiger partial charge in [0.15, 0.2) is 0 Å². The molecule has 0 aliphatic carbocycles. The smallest absolute Gasteiger partial charge is 0.366 e. The van der Waals surface area contributed by atoms with Crippen LogP contribution in [0.25, 0.3) is 15.1 Å². The highest BCUT2D eigenvalue weighted by Crippen LogP contribution is 2.44. The van der Waals surface area contributed by atoms with Gasteiger partial charge in [0, 0.05) is 30.0 Å². The summed E-state index contributed by atoms with van der Waals surface area (Å²) in [6.45, 7) is -1.27. The van der Waals surface area contributed by atoms with Gasteiger partial charge >= 0.3 is 6.18 Å². The molecule has 0 radical (unpaired) electrons. The summed E-state index contributed by atoms with van der Waals surface area (Å²) in [5.41, 5.74) is 14.5. The number of ether oxygens (including phenoxy) is 1. The fourth-order valence-corrected chi connectivity index (χ4v) is 5.91. The minimum atomic E-state index is -4.43. The Morgan fingerprint density at radius 3 is 2.82 bits per heavy atom. The van der Waals surface area contributed by atoms with Crippen LogP contribution in [0.4, 0.5) is 13.2 Å². The van der Waals surface area contributed by atoms with E-state index >= 15 is 0 Å². The Balaban J connectivity index is 1.59. The van der Waals surface area contributed by atoms with Crippen LogP contribution < -0.4 is 11.5 Å². The summed E-state index contributed by atoms with van der Waals surface area (Å²) in [4.78, 5) is 11.2. The van der Waals surface area contributed by atoms with E-state index in [1.165, 1.54) is 23.1 Å². The van der Waals surface area contributed by atoms with Gasteiger partial charge in [0.2, 0.25) is 0 Å². The molecule has 0 fully saturated rings. The maximum Gasteiger partial charge on any atom is 0.411 e. The predicted octanol–water partition coefficient (Wildman–Crippen LogP) is 4.45. The minimum Gasteiger partial charge on any atom is -0.366 e. The molecule has 2 aromatic heterocycles. The first kappa shape index (κ1) is 24.2. The van der Waals surface area contributed by atoms with Gasteiger partial charge in [-0.15, -0.1) is 11.3 Å². The van der Waals surface area contributed by atoms with Crippen LogP contribution in [-0.2, 0) is 11.2 Å². The van der Waals surface area contributed by atoms with E-state index in [2.05, 4.69) is 9.97 Å². The normalized spacial score (nSPS) is 17.9. The van der Waals surface area contributed by atoms with Gasteiger partial charge in [-0.2, -0.15) is 13.2 Å². The molecule has 3 heterocycles. The van der Waals surface area contributed by atoms with Crippen LogP contribution in [0.1, 0.15) is 10.6 Å². The summed E-state index contributed by atoms with van der Waals surface area (Å²) < 4.78 is 44.0. The first-order valence-electron chi connectivity index (χ1n) is 9.97. The lowest BCUT2D eigenvalue weighted by molar-refractivity contribution is -0.172. The van der Waals surface area contributed by atoms with Gasteiger partial charge in [0.25, 0.3) is 0 Å². The third-order valence-electron chi connectivity index (χ3n) is 4.86. The van der Waals surface area contributed by atoms with Crippen LogP contribution in [0, 0.1) is 0 Å².